The van der Waals surface area contributed by atoms with Crippen LogP contribution in [0.3, 0.4) is 0 Å². The first-order valence-electron chi connectivity index (χ1n) is 10.4. The number of aryl methyl sites for hydroxylation is 1. The van der Waals surface area contributed by atoms with Crippen molar-refractivity contribution in [3.63, 3.8) is 0 Å². The number of benzene rings is 2. The van der Waals surface area contributed by atoms with Gasteiger partial charge < -0.3 is 9.47 Å². The lowest BCUT2D eigenvalue weighted by molar-refractivity contribution is 0.0294. The predicted molar refractivity (Wildman–Crippen MR) is 124 cm³/mol. The van der Waals surface area contributed by atoms with Crippen molar-refractivity contribution in [2.24, 2.45) is 0 Å². The van der Waals surface area contributed by atoms with E-state index in [1.807, 2.05) is 31.2 Å². The van der Waals surface area contributed by atoms with Crippen LogP contribution < -0.4 is 4.74 Å². The maximum Gasteiger partial charge on any atom is 0.414 e. The van der Waals surface area contributed by atoms with Gasteiger partial charge >= 0.3 is 6.09 Å². The van der Waals surface area contributed by atoms with Crippen molar-refractivity contribution in [1.82, 2.24) is 4.90 Å². The third kappa shape index (κ3) is 5.59. The molecule has 0 aliphatic carbocycles. The lowest BCUT2D eigenvalue weighted by atomic mass is 10.0. The normalized spacial score (nSPS) is 16.5. The maximum absolute atomic E-state index is 13.2. The van der Waals surface area contributed by atoms with Crippen LogP contribution in [0.1, 0.15) is 31.9 Å². The number of nitrogens with zero attached hydrogens (tertiary/aromatic N) is 1. The SMILES string of the molecule is COc1ccc(CC2C=CC(S(=O)(=O)c3ccc(C)cc3)=CN2C(=O)OC(C)(C)C)cc1. The number of allylic oxidation sites excluding steroid dienone is 1. The molecular weight excluding hydrogens is 426 g/mol. The summed E-state index contributed by atoms with van der Waals surface area (Å²) in [6, 6.07) is 13.8. The molecular formula is C25H29NO5S. The van der Waals surface area contributed by atoms with Crippen molar-refractivity contribution in [2.75, 3.05) is 7.11 Å². The fraction of sp³-hybridized carbons (Fsp3) is 0.320. The Morgan fingerprint density at radius 1 is 1.03 bits per heavy atom. The zero-order valence-electron chi connectivity index (χ0n) is 19.0. The number of amides is 1. The molecule has 170 valence electrons. The lowest BCUT2D eigenvalue weighted by Crippen LogP contribution is -2.42. The summed E-state index contributed by atoms with van der Waals surface area (Å²) in [5.41, 5.74) is 1.23. The van der Waals surface area contributed by atoms with Gasteiger partial charge in [0, 0.05) is 6.20 Å². The van der Waals surface area contributed by atoms with Gasteiger partial charge in [-0.25, -0.2) is 13.2 Å². The van der Waals surface area contributed by atoms with Crippen LogP contribution in [-0.2, 0) is 21.0 Å². The Morgan fingerprint density at radius 3 is 2.22 bits per heavy atom. The second kappa shape index (κ2) is 9.20. The highest BCUT2D eigenvalue weighted by atomic mass is 32.2. The van der Waals surface area contributed by atoms with Crippen LogP contribution in [0.25, 0.3) is 0 Å². The second-order valence-electron chi connectivity index (χ2n) is 8.71. The number of rotatable bonds is 5. The van der Waals surface area contributed by atoms with E-state index >= 15 is 0 Å². The van der Waals surface area contributed by atoms with Crippen LogP contribution in [-0.4, -0.2) is 38.2 Å². The average molecular weight is 456 g/mol. The Hall–Kier alpha value is -3.06. The first-order valence-corrected chi connectivity index (χ1v) is 11.8. The van der Waals surface area contributed by atoms with Gasteiger partial charge in [0.15, 0.2) is 0 Å². The van der Waals surface area contributed by atoms with Crippen molar-refractivity contribution in [2.45, 2.75) is 50.7 Å². The van der Waals surface area contributed by atoms with Gasteiger partial charge in [0.25, 0.3) is 0 Å². The largest absolute Gasteiger partial charge is 0.497 e. The summed E-state index contributed by atoms with van der Waals surface area (Å²) in [4.78, 5) is 14.6. The molecule has 0 bridgehead atoms. The van der Waals surface area contributed by atoms with Crippen LogP contribution in [0.5, 0.6) is 5.75 Å². The van der Waals surface area contributed by atoms with E-state index in [0.717, 1.165) is 16.9 Å². The molecule has 1 unspecified atom stereocenters. The van der Waals surface area contributed by atoms with Crippen LogP contribution in [0.4, 0.5) is 4.79 Å². The molecule has 32 heavy (non-hydrogen) atoms. The number of methoxy groups -OCH3 is 1. The number of sulfone groups is 1. The molecule has 0 radical (unpaired) electrons. The number of carbonyl (C=O) groups is 1. The molecule has 7 heteroatoms. The minimum atomic E-state index is -3.79. The van der Waals surface area contributed by atoms with Crippen molar-refractivity contribution < 1.29 is 22.7 Å². The zero-order valence-corrected chi connectivity index (χ0v) is 19.8. The molecule has 1 aliphatic heterocycles. The summed E-state index contributed by atoms with van der Waals surface area (Å²) < 4.78 is 37.1. The Morgan fingerprint density at radius 2 is 1.66 bits per heavy atom. The van der Waals surface area contributed by atoms with E-state index in [0.29, 0.717) is 6.42 Å². The molecule has 0 spiro atoms. The van der Waals surface area contributed by atoms with Crippen molar-refractivity contribution in [3.05, 3.63) is 82.9 Å². The molecule has 1 amide bonds. The van der Waals surface area contributed by atoms with E-state index in [1.165, 1.54) is 11.1 Å². The number of hydrogen-bond acceptors (Lipinski definition) is 5. The Bertz CT molecular complexity index is 1120. The third-order valence-electron chi connectivity index (χ3n) is 4.96. The van der Waals surface area contributed by atoms with E-state index in [2.05, 4.69) is 0 Å². The highest BCUT2D eigenvalue weighted by Gasteiger charge is 2.31. The molecule has 0 saturated heterocycles. The summed E-state index contributed by atoms with van der Waals surface area (Å²) in [5.74, 6) is 0.739. The molecule has 3 rings (SSSR count). The smallest absolute Gasteiger partial charge is 0.414 e. The topological polar surface area (TPSA) is 72.9 Å². The molecule has 6 nitrogen and oxygen atoms in total. The van der Waals surface area contributed by atoms with Crippen molar-refractivity contribution in [1.29, 1.82) is 0 Å². The monoisotopic (exact) mass is 455 g/mol. The molecule has 2 aromatic rings. The Labute approximate surface area is 190 Å². The third-order valence-corrected chi connectivity index (χ3v) is 6.71. The molecule has 2 aromatic carbocycles. The summed E-state index contributed by atoms with van der Waals surface area (Å²) in [6.07, 6.45) is 4.56. The van der Waals surface area contributed by atoms with Crippen LogP contribution in [0, 0.1) is 6.92 Å². The highest BCUT2D eigenvalue weighted by Crippen LogP contribution is 2.28. The predicted octanol–water partition coefficient (Wildman–Crippen LogP) is 5.04. The van der Waals surface area contributed by atoms with E-state index < -0.39 is 27.6 Å². The lowest BCUT2D eigenvalue weighted by Gasteiger charge is -2.32. The summed E-state index contributed by atoms with van der Waals surface area (Å²) in [6.45, 7) is 7.22. The molecule has 0 fully saturated rings. The molecule has 0 N–H and O–H groups in total. The van der Waals surface area contributed by atoms with E-state index in [9.17, 15) is 13.2 Å². The first kappa shape index (κ1) is 23.6. The molecule has 1 heterocycles. The number of carbonyl (C=O) groups excluding carboxylic acids is 1. The minimum Gasteiger partial charge on any atom is -0.497 e. The quantitative estimate of drug-likeness (QED) is 0.632. The zero-order chi connectivity index (χ0) is 23.5. The molecule has 0 saturated carbocycles. The number of ether oxygens (including phenoxy) is 2. The fourth-order valence-corrected chi connectivity index (χ4v) is 4.54. The summed E-state index contributed by atoms with van der Waals surface area (Å²) >= 11 is 0. The fourth-order valence-electron chi connectivity index (χ4n) is 3.26. The highest BCUT2D eigenvalue weighted by molar-refractivity contribution is 7.95. The first-order chi connectivity index (χ1) is 15.0. The molecule has 1 atom stereocenters. The van der Waals surface area contributed by atoms with Gasteiger partial charge in [-0.05, 0) is 70.0 Å². The molecule has 1 aliphatic rings. The Kier molecular flexibility index (Phi) is 6.79. The van der Waals surface area contributed by atoms with E-state index in [4.69, 9.17) is 9.47 Å². The van der Waals surface area contributed by atoms with Crippen LogP contribution in [0.2, 0.25) is 0 Å². The van der Waals surface area contributed by atoms with E-state index in [1.54, 1.807) is 64.3 Å². The minimum absolute atomic E-state index is 0.0400. The van der Waals surface area contributed by atoms with Gasteiger partial charge in [0.2, 0.25) is 9.84 Å². The van der Waals surface area contributed by atoms with Gasteiger partial charge in [0.05, 0.1) is 23.0 Å². The Balaban J connectivity index is 1.94. The van der Waals surface area contributed by atoms with Gasteiger partial charge in [-0.3, -0.25) is 4.90 Å². The summed E-state index contributed by atoms with van der Waals surface area (Å²) in [5, 5.41) is 0. The van der Waals surface area contributed by atoms with Gasteiger partial charge in [-0.15, -0.1) is 0 Å². The standard InChI is InChI=1S/C25H29NO5S/c1-18-6-13-22(14-7-18)32(28,29)23-15-10-20(16-19-8-11-21(30-5)12-9-19)26(17-23)24(27)31-25(2,3)4/h6-15,17,20H,16H2,1-5H3. The van der Waals surface area contributed by atoms with Gasteiger partial charge in [-0.1, -0.05) is 35.9 Å². The number of hydrogen-bond donors (Lipinski definition) is 0. The van der Waals surface area contributed by atoms with Gasteiger partial charge in [0.1, 0.15) is 11.4 Å². The van der Waals surface area contributed by atoms with Crippen LogP contribution >= 0.6 is 0 Å². The maximum atomic E-state index is 13.2. The van der Waals surface area contributed by atoms with Crippen molar-refractivity contribution in [3.8, 4) is 5.75 Å². The molecule has 0 aromatic heterocycles. The average Bonchev–Trinajstić information content (AvgIpc) is 2.73. The van der Waals surface area contributed by atoms with Gasteiger partial charge in [-0.2, -0.15) is 0 Å². The van der Waals surface area contributed by atoms with Crippen molar-refractivity contribution >= 4 is 15.9 Å². The second-order valence-corrected chi connectivity index (χ2v) is 10.7. The van der Waals surface area contributed by atoms with Crippen LogP contribution in [0.15, 0.2) is 76.7 Å². The van der Waals surface area contributed by atoms with E-state index in [-0.39, 0.29) is 9.80 Å². The summed E-state index contributed by atoms with van der Waals surface area (Å²) in [7, 11) is -2.18.